The lowest BCUT2D eigenvalue weighted by Crippen LogP contribution is -2.09. The standard InChI is InChI=1S/C15H13ClFNO2/c1-20-15(19)11-6-2-3-8-13(11)18-9-10-5-4-7-12(16)14(10)17/h2-8,18H,9H2,1H3. The Hall–Kier alpha value is -2.07. The lowest BCUT2D eigenvalue weighted by atomic mass is 10.1. The second-order valence-corrected chi connectivity index (χ2v) is 4.51. The first kappa shape index (κ1) is 14.3. The van der Waals surface area contributed by atoms with Crippen LogP contribution in [0.1, 0.15) is 15.9 Å². The molecule has 0 radical (unpaired) electrons. The van der Waals surface area contributed by atoms with Gasteiger partial charge in [0, 0.05) is 17.8 Å². The van der Waals surface area contributed by atoms with E-state index in [4.69, 9.17) is 16.3 Å². The molecule has 0 fully saturated rings. The van der Waals surface area contributed by atoms with E-state index < -0.39 is 11.8 Å². The maximum Gasteiger partial charge on any atom is 0.339 e. The molecule has 104 valence electrons. The number of ether oxygens (including phenoxy) is 1. The number of rotatable bonds is 4. The summed E-state index contributed by atoms with van der Waals surface area (Å²) in [6.45, 7) is 0.223. The van der Waals surface area contributed by atoms with E-state index in [1.807, 2.05) is 0 Å². The van der Waals surface area contributed by atoms with Gasteiger partial charge in [-0.25, -0.2) is 9.18 Å². The highest BCUT2D eigenvalue weighted by molar-refractivity contribution is 6.30. The van der Waals surface area contributed by atoms with Crippen molar-refractivity contribution in [1.82, 2.24) is 0 Å². The van der Waals surface area contributed by atoms with Gasteiger partial charge in [-0.2, -0.15) is 0 Å². The number of carbonyl (C=O) groups excluding carboxylic acids is 1. The first-order chi connectivity index (χ1) is 9.63. The minimum atomic E-state index is -0.461. The Morgan fingerprint density at radius 3 is 2.75 bits per heavy atom. The van der Waals surface area contributed by atoms with Crippen LogP contribution in [0.3, 0.4) is 0 Å². The van der Waals surface area contributed by atoms with Gasteiger partial charge in [-0.1, -0.05) is 35.9 Å². The Bertz CT molecular complexity index is 631. The van der Waals surface area contributed by atoms with E-state index in [2.05, 4.69) is 5.32 Å². The highest BCUT2D eigenvalue weighted by Gasteiger charge is 2.11. The minimum absolute atomic E-state index is 0.0746. The van der Waals surface area contributed by atoms with Crippen LogP contribution >= 0.6 is 11.6 Å². The SMILES string of the molecule is COC(=O)c1ccccc1NCc1cccc(Cl)c1F. The van der Waals surface area contributed by atoms with Crippen LogP contribution in [0.4, 0.5) is 10.1 Å². The van der Waals surface area contributed by atoms with E-state index in [1.165, 1.54) is 13.2 Å². The normalized spacial score (nSPS) is 10.2. The summed E-state index contributed by atoms with van der Waals surface area (Å²) in [6.07, 6.45) is 0. The van der Waals surface area contributed by atoms with Crippen LogP contribution < -0.4 is 5.32 Å². The molecular formula is C15H13ClFNO2. The first-order valence-electron chi connectivity index (χ1n) is 5.97. The smallest absolute Gasteiger partial charge is 0.339 e. The molecular weight excluding hydrogens is 281 g/mol. The van der Waals surface area contributed by atoms with Gasteiger partial charge >= 0.3 is 5.97 Å². The third-order valence-electron chi connectivity index (χ3n) is 2.83. The fourth-order valence-electron chi connectivity index (χ4n) is 1.80. The quantitative estimate of drug-likeness (QED) is 0.870. The maximum atomic E-state index is 13.8. The van der Waals surface area contributed by atoms with Crippen molar-refractivity contribution >= 4 is 23.3 Å². The Kier molecular flexibility index (Phi) is 4.58. The largest absolute Gasteiger partial charge is 0.465 e. The average molecular weight is 294 g/mol. The van der Waals surface area contributed by atoms with E-state index in [1.54, 1.807) is 36.4 Å². The van der Waals surface area contributed by atoms with Crippen molar-refractivity contribution in [1.29, 1.82) is 0 Å². The van der Waals surface area contributed by atoms with E-state index in [0.717, 1.165) is 0 Å². The molecule has 0 aromatic heterocycles. The number of esters is 1. The molecule has 2 rings (SSSR count). The third-order valence-corrected chi connectivity index (χ3v) is 3.13. The minimum Gasteiger partial charge on any atom is -0.465 e. The number of anilines is 1. The van der Waals surface area contributed by atoms with Crippen molar-refractivity contribution in [3.8, 4) is 0 Å². The Morgan fingerprint density at radius 2 is 2.00 bits per heavy atom. The molecule has 0 aliphatic heterocycles. The average Bonchev–Trinajstić information content (AvgIpc) is 2.48. The summed E-state index contributed by atoms with van der Waals surface area (Å²) in [5, 5.41) is 3.09. The fraction of sp³-hybridized carbons (Fsp3) is 0.133. The Balaban J connectivity index is 2.19. The van der Waals surface area contributed by atoms with Gasteiger partial charge in [0.15, 0.2) is 0 Å². The lowest BCUT2D eigenvalue weighted by Gasteiger charge is -2.11. The number of benzene rings is 2. The summed E-state index contributed by atoms with van der Waals surface area (Å²) in [6, 6.07) is 11.7. The van der Waals surface area contributed by atoms with Crippen LogP contribution in [0.25, 0.3) is 0 Å². The molecule has 0 bridgehead atoms. The molecule has 0 heterocycles. The van der Waals surface area contributed by atoms with Crippen LogP contribution in [0, 0.1) is 5.82 Å². The van der Waals surface area contributed by atoms with Gasteiger partial charge in [-0.15, -0.1) is 0 Å². The number of para-hydroxylation sites is 1. The molecule has 2 aromatic rings. The molecule has 0 amide bonds. The molecule has 3 nitrogen and oxygen atoms in total. The zero-order valence-corrected chi connectivity index (χ0v) is 11.6. The van der Waals surface area contributed by atoms with Crippen molar-refractivity contribution in [2.45, 2.75) is 6.54 Å². The fourth-order valence-corrected chi connectivity index (χ4v) is 1.99. The third kappa shape index (κ3) is 3.08. The van der Waals surface area contributed by atoms with Crippen molar-refractivity contribution in [2.75, 3.05) is 12.4 Å². The highest BCUT2D eigenvalue weighted by Crippen LogP contribution is 2.21. The molecule has 0 aliphatic rings. The molecule has 2 aromatic carbocycles. The maximum absolute atomic E-state index is 13.8. The summed E-state index contributed by atoms with van der Waals surface area (Å²) < 4.78 is 18.5. The van der Waals surface area contributed by atoms with Gasteiger partial charge < -0.3 is 10.1 Å². The lowest BCUT2D eigenvalue weighted by molar-refractivity contribution is 0.0602. The molecule has 0 aliphatic carbocycles. The van der Waals surface area contributed by atoms with Crippen molar-refractivity contribution in [3.63, 3.8) is 0 Å². The van der Waals surface area contributed by atoms with E-state index in [9.17, 15) is 9.18 Å². The predicted molar refractivity (Wildman–Crippen MR) is 76.5 cm³/mol. The summed E-state index contributed by atoms with van der Waals surface area (Å²) in [7, 11) is 1.32. The van der Waals surface area contributed by atoms with Gasteiger partial charge in [0.05, 0.1) is 17.7 Å². The van der Waals surface area contributed by atoms with Gasteiger partial charge in [0.1, 0.15) is 5.82 Å². The molecule has 1 N–H and O–H groups in total. The van der Waals surface area contributed by atoms with Crippen LogP contribution in [-0.2, 0) is 11.3 Å². The molecule has 5 heteroatoms. The molecule has 0 saturated carbocycles. The zero-order valence-electron chi connectivity index (χ0n) is 10.8. The predicted octanol–water partition coefficient (Wildman–Crippen LogP) is 3.88. The number of carbonyl (C=O) groups is 1. The number of hydrogen-bond donors (Lipinski definition) is 1. The van der Waals surface area contributed by atoms with Gasteiger partial charge in [0.2, 0.25) is 0 Å². The monoisotopic (exact) mass is 293 g/mol. The number of hydrogen-bond acceptors (Lipinski definition) is 3. The summed E-state index contributed by atoms with van der Waals surface area (Å²) in [5.74, 6) is -0.906. The van der Waals surface area contributed by atoms with Crippen LogP contribution in [0.15, 0.2) is 42.5 Å². The molecule has 20 heavy (non-hydrogen) atoms. The summed E-state index contributed by atoms with van der Waals surface area (Å²) >= 11 is 5.72. The molecule has 0 spiro atoms. The zero-order chi connectivity index (χ0) is 14.5. The molecule has 0 unspecified atom stereocenters. The number of methoxy groups -OCH3 is 1. The van der Waals surface area contributed by atoms with E-state index in [0.29, 0.717) is 16.8 Å². The molecule has 0 saturated heterocycles. The van der Waals surface area contributed by atoms with Gasteiger partial charge in [-0.05, 0) is 18.2 Å². The summed E-state index contributed by atoms with van der Waals surface area (Å²) in [5.41, 5.74) is 1.41. The molecule has 0 atom stereocenters. The van der Waals surface area contributed by atoms with Gasteiger partial charge in [-0.3, -0.25) is 0 Å². The number of halogens is 2. The van der Waals surface area contributed by atoms with Crippen molar-refractivity contribution in [2.24, 2.45) is 0 Å². The van der Waals surface area contributed by atoms with Crippen molar-refractivity contribution in [3.05, 3.63) is 64.4 Å². The first-order valence-corrected chi connectivity index (χ1v) is 6.35. The highest BCUT2D eigenvalue weighted by atomic mass is 35.5. The number of nitrogens with one attached hydrogen (secondary N) is 1. The van der Waals surface area contributed by atoms with E-state index >= 15 is 0 Å². The van der Waals surface area contributed by atoms with Crippen LogP contribution in [0.5, 0.6) is 0 Å². The van der Waals surface area contributed by atoms with Crippen LogP contribution in [0.2, 0.25) is 5.02 Å². The summed E-state index contributed by atoms with van der Waals surface area (Å²) in [4.78, 5) is 11.6. The van der Waals surface area contributed by atoms with E-state index in [-0.39, 0.29) is 11.6 Å². The van der Waals surface area contributed by atoms with Crippen molar-refractivity contribution < 1.29 is 13.9 Å². The topological polar surface area (TPSA) is 38.3 Å². The van der Waals surface area contributed by atoms with Gasteiger partial charge in [0.25, 0.3) is 0 Å². The second kappa shape index (κ2) is 6.39. The second-order valence-electron chi connectivity index (χ2n) is 4.10. The Morgan fingerprint density at radius 1 is 1.25 bits per heavy atom. The Labute approximate surface area is 121 Å². The van der Waals surface area contributed by atoms with Crippen LogP contribution in [-0.4, -0.2) is 13.1 Å².